The van der Waals surface area contributed by atoms with Crippen molar-refractivity contribution >= 4 is 11.9 Å². The van der Waals surface area contributed by atoms with E-state index in [0.717, 1.165) is 31.2 Å². The van der Waals surface area contributed by atoms with E-state index in [9.17, 15) is 9.59 Å². The van der Waals surface area contributed by atoms with E-state index in [4.69, 9.17) is 4.74 Å². The van der Waals surface area contributed by atoms with Crippen LogP contribution in [-0.4, -0.2) is 50.2 Å². The van der Waals surface area contributed by atoms with E-state index >= 15 is 0 Å². The van der Waals surface area contributed by atoms with Crippen LogP contribution >= 0.6 is 0 Å². The Kier molecular flexibility index (Phi) is 7.33. The van der Waals surface area contributed by atoms with Gasteiger partial charge in [-0.2, -0.15) is 5.10 Å². The van der Waals surface area contributed by atoms with E-state index in [1.165, 1.54) is 44.9 Å². The molecule has 0 N–H and O–H groups in total. The van der Waals surface area contributed by atoms with Crippen molar-refractivity contribution < 1.29 is 14.3 Å². The van der Waals surface area contributed by atoms with Gasteiger partial charge in [0.2, 0.25) is 0 Å². The second-order valence-electron chi connectivity index (χ2n) is 8.75. The summed E-state index contributed by atoms with van der Waals surface area (Å²) in [4.78, 5) is 31.7. The van der Waals surface area contributed by atoms with Gasteiger partial charge < -0.3 is 9.64 Å². The minimum atomic E-state index is -0.451. The minimum Gasteiger partial charge on any atom is -0.452 e. The average Bonchev–Trinajstić information content (AvgIpc) is 3.33. The molecule has 2 fully saturated rings. The fraction of sp³-hybridized carbons (Fsp3) is 0.583. The number of benzene rings is 1. The Morgan fingerprint density at radius 3 is 2.10 bits per heavy atom. The maximum absolute atomic E-state index is 13.1. The molecule has 2 saturated carbocycles. The number of carbonyl (C=O) groups is 2. The number of aromatic nitrogens is 3. The van der Waals surface area contributed by atoms with Gasteiger partial charge in [-0.25, -0.2) is 14.5 Å². The lowest BCUT2D eigenvalue weighted by Crippen LogP contribution is -2.50. The summed E-state index contributed by atoms with van der Waals surface area (Å²) in [5, 5.41) is 4.08. The molecule has 4 rings (SSSR count). The average molecular weight is 425 g/mol. The third kappa shape index (κ3) is 5.71. The first kappa shape index (κ1) is 21.5. The Hall–Kier alpha value is -2.70. The standard InChI is InChI=1S/C24H32N4O3/c29-23(28(21-7-3-1-4-8-21)22-9-5-2-6-10-22)16-31-24(30)20-13-11-19(12-14-20)15-27-18-25-17-26-27/h11-14,17-18,21-22H,1-10,15-16H2. The quantitative estimate of drug-likeness (QED) is 0.629. The number of ether oxygens (including phenoxy) is 1. The van der Waals surface area contributed by atoms with Crippen molar-refractivity contribution in [2.75, 3.05) is 6.61 Å². The molecule has 0 unspecified atom stereocenters. The van der Waals surface area contributed by atoms with Gasteiger partial charge in [-0.1, -0.05) is 50.7 Å². The molecule has 0 aliphatic heterocycles. The second-order valence-corrected chi connectivity index (χ2v) is 8.75. The highest BCUT2D eigenvalue weighted by molar-refractivity contribution is 5.91. The summed E-state index contributed by atoms with van der Waals surface area (Å²) in [7, 11) is 0. The number of hydrogen-bond acceptors (Lipinski definition) is 5. The number of esters is 1. The number of carbonyl (C=O) groups excluding carboxylic acids is 2. The lowest BCUT2D eigenvalue weighted by molar-refractivity contribution is -0.141. The largest absolute Gasteiger partial charge is 0.452 e. The molecule has 1 aromatic heterocycles. The predicted molar refractivity (Wildman–Crippen MR) is 116 cm³/mol. The number of amides is 1. The maximum Gasteiger partial charge on any atom is 0.338 e. The van der Waals surface area contributed by atoms with E-state index in [1.54, 1.807) is 23.1 Å². The monoisotopic (exact) mass is 424 g/mol. The summed E-state index contributed by atoms with van der Waals surface area (Å²) in [6, 6.07) is 7.82. The topological polar surface area (TPSA) is 77.3 Å². The van der Waals surface area contributed by atoms with E-state index in [-0.39, 0.29) is 12.5 Å². The van der Waals surface area contributed by atoms with Crippen molar-refractivity contribution in [3.05, 3.63) is 48.0 Å². The molecule has 0 saturated heterocycles. The zero-order valence-corrected chi connectivity index (χ0v) is 18.1. The smallest absolute Gasteiger partial charge is 0.338 e. The molecular formula is C24H32N4O3. The highest BCUT2D eigenvalue weighted by Gasteiger charge is 2.32. The summed E-state index contributed by atoms with van der Waals surface area (Å²) in [5.74, 6) is -0.483. The van der Waals surface area contributed by atoms with Crippen LogP contribution in [0.3, 0.4) is 0 Å². The highest BCUT2D eigenvalue weighted by atomic mass is 16.5. The molecule has 1 aromatic carbocycles. The summed E-state index contributed by atoms with van der Waals surface area (Å²) < 4.78 is 7.16. The van der Waals surface area contributed by atoms with Gasteiger partial charge in [0, 0.05) is 12.1 Å². The van der Waals surface area contributed by atoms with Crippen molar-refractivity contribution in [1.29, 1.82) is 0 Å². The molecule has 2 aliphatic rings. The molecule has 31 heavy (non-hydrogen) atoms. The van der Waals surface area contributed by atoms with E-state index < -0.39 is 5.97 Å². The molecule has 0 radical (unpaired) electrons. The van der Waals surface area contributed by atoms with E-state index in [2.05, 4.69) is 15.0 Å². The molecule has 0 bridgehead atoms. The zero-order chi connectivity index (χ0) is 21.5. The molecule has 2 aliphatic carbocycles. The molecule has 0 spiro atoms. The van der Waals surface area contributed by atoms with Crippen molar-refractivity contribution in [3.8, 4) is 0 Å². The van der Waals surface area contributed by atoms with Gasteiger partial charge in [-0.05, 0) is 43.4 Å². The van der Waals surface area contributed by atoms with Gasteiger partial charge in [0.15, 0.2) is 6.61 Å². The van der Waals surface area contributed by atoms with Crippen LogP contribution in [-0.2, 0) is 16.1 Å². The SMILES string of the molecule is O=C(OCC(=O)N(C1CCCCC1)C1CCCCC1)c1ccc(Cn2cncn2)cc1. The van der Waals surface area contributed by atoms with Crippen molar-refractivity contribution in [3.63, 3.8) is 0 Å². The van der Waals surface area contributed by atoms with E-state index in [0.29, 0.717) is 24.2 Å². The fourth-order valence-electron chi connectivity index (χ4n) is 4.96. The molecule has 1 heterocycles. The van der Waals surface area contributed by atoms with Crippen LogP contribution in [0.15, 0.2) is 36.9 Å². The normalized spacial score (nSPS) is 17.9. The number of hydrogen-bond donors (Lipinski definition) is 0. The Morgan fingerprint density at radius 2 is 1.55 bits per heavy atom. The first-order chi connectivity index (χ1) is 15.2. The molecular weight excluding hydrogens is 392 g/mol. The first-order valence-corrected chi connectivity index (χ1v) is 11.6. The number of nitrogens with zero attached hydrogens (tertiary/aromatic N) is 4. The summed E-state index contributed by atoms with van der Waals surface area (Å²) in [6.07, 6.45) is 14.7. The third-order valence-corrected chi connectivity index (χ3v) is 6.55. The Labute approximate surface area is 183 Å². The third-order valence-electron chi connectivity index (χ3n) is 6.55. The van der Waals surface area contributed by atoms with Crippen LogP contribution in [0.5, 0.6) is 0 Å². The van der Waals surface area contributed by atoms with Crippen LogP contribution < -0.4 is 0 Å². The fourth-order valence-corrected chi connectivity index (χ4v) is 4.96. The second kappa shape index (κ2) is 10.6. The first-order valence-electron chi connectivity index (χ1n) is 11.6. The number of rotatable bonds is 7. The lowest BCUT2D eigenvalue weighted by Gasteiger charge is -2.41. The Morgan fingerprint density at radius 1 is 0.935 bits per heavy atom. The van der Waals surface area contributed by atoms with Gasteiger partial charge in [-0.3, -0.25) is 4.79 Å². The van der Waals surface area contributed by atoms with Crippen molar-refractivity contribution in [2.24, 2.45) is 0 Å². The molecule has 1 amide bonds. The molecule has 7 heteroatoms. The summed E-state index contributed by atoms with van der Waals surface area (Å²) in [6.45, 7) is 0.415. The van der Waals surface area contributed by atoms with E-state index in [1.807, 2.05) is 12.1 Å². The maximum atomic E-state index is 13.1. The summed E-state index contributed by atoms with van der Waals surface area (Å²) >= 11 is 0. The zero-order valence-electron chi connectivity index (χ0n) is 18.1. The lowest BCUT2D eigenvalue weighted by atomic mass is 9.88. The van der Waals surface area contributed by atoms with Crippen LogP contribution in [0.25, 0.3) is 0 Å². The van der Waals surface area contributed by atoms with Crippen LogP contribution in [0.4, 0.5) is 0 Å². The predicted octanol–water partition coefficient (Wildman–Crippen LogP) is 3.98. The molecule has 7 nitrogen and oxygen atoms in total. The van der Waals surface area contributed by atoms with Crippen LogP contribution in [0.2, 0.25) is 0 Å². The molecule has 0 atom stereocenters. The molecule has 2 aromatic rings. The van der Waals surface area contributed by atoms with Crippen molar-refractivity contribution in [1.82, 2.24) is 19.7 Å². The summed E-state index contributed by atoms with van der Waals surface area (Å²) in [5.41, 5.74) is 1.47. The Bertz CT molecular complexity index is 820. The highest BCUT2D eigenvalue weighted by Crippen LogP contribution is 2.30. The van der Waals surface area contributed by atoms with Gasteiger partial charge in [-0.15, -0.1) is 0 Å². The molecule has 166 valence electrons. The van der Waals surface area contributed by atoms with Crippen LogP contribution in [0.1, 0.15) is 80.1 Å². The van der Waals surface area contributed by atoms with Gasteiger partial charge in [0.1, 0.15) is 12.7 Å². The van der Waals surface area contributed by atoms with Crippen molar-refractivity contribution in [2.45, 2.75) is 82.8 Å². The van der Waals surface area contributed by atoms with Gasteiger partial charge in [0.05, 0.1) is 12.1 Å². The van der Waals surface area contributed by atoms with Gasteiger partial charge in [0.25, 0.3) is 5.91 Å². The van der Waals surface area contributed by atoms with Crippen LogP contribution in [0, 0.1) is 0 Å². The van der Waals surface area contributed by atoms with Gasteiger partial charge >= 0.3 is 5.97 Å². The minimum absolute atomic E-state index is 0.0325. The Balaban J connectivity index is 1.34.